The Bertz CT molecular complexity index is 417. The minimum Gasteiger partial charge on any atom is -0.396 e. The van der Waals surface area contributed by atoms with Crippen LogP contribution in [0.15, 0.2) is 0 Å². The summed E-state index contributed by atoms with van der Waals surface area (Å²) in [6, 6.07) is 0. The van der Waals surface area contributed by atoms with Gasteiger partial charge in [0.1, 0.15) is 0 Å². The van der Waals surface area contributed by atoms with Crippen molar-refractivity contribution in [2.24, 2.45) is 5.92 Å². The number of rotatable bonds is 8. The number of piperidine rings is 1. The first-order chi connectivity index (χ1) is 9.92. The fourth-order valence-electron chi connectivity index (χ4n) is 2.62. The zero-order valence-electron chi connectivity index (χ0n) is 13.1. The molecule has 1 fully saturated rings. The summed E-state index contributed by atoms with van der Waals surface area (Å²) in [6.07, 6.45) is 3.81. The molecule has 1 heterocycles. The molecule has 21 heavy (non-hydrogen) atoms. The minimum absolute atomic E-state index is 0.0591. The van der Waals surface area contributed by atoms with E-state index >= 15 is 0 Å². The van der Waals surface area contributed by atoms with Crippen molar-refractivity contribution in [3.8, 4) is 0 Å². The van der Waals surface area contributed by atoms with E-state index in [4.69, 9.17) is 5.11 Å². The van der Waals surface area contributed by atoms with Gasteiger partial charge < -0.3 is 10.0 Å². The van der Waals surface area contributed by atoms with E-state index < -0.39 is 10.0 Å². The first kappa shape index (κ1) is 18.4. The van der Waals surface area contributed by atoms with Gasteiger partial charge in [0.05, 0.1) is 5.75 Å². The number of aliphatic hydroxyl groups is 1. The highest BCUT2D eigenvalue weighted by Gasteiger charge is 2.31. The second-order valence-corrected chi connectivity index (χ2v) is 7.88. The highest BCUT2D eigenvalue weighted by molar-refractivity contribution is 7.89. The van der Waals surface area contributed by atoms with E-state index in [1.807, 2.05) is 0 Å². The van der Waals surface area contributed by atoms with E-state index in [1.54, 1.807) is 18.9 Å². The Hall–Kier alpha value is -0.660. The number of hydrogen-bond donors (Lipinski definition) is 1. The first-order valence-electron chi connectivity index (χ1n) is 7.76. The van der Waals surface area contributed by atoms with Gasteiger partial charge in [0.25, 0.3) is 0 Å². The molecule has 1 aliphatic rings. The number of unbranched alkanes of at least 4 members (excludes halogenated alkanes) is 2. The number of nitrogens with zero attached hydrogens (tertiary/aromatic N) is 2. The third kappa shape index (κ3) is 5.56. The Balaban J connectivity index is 2.37. The average Bonchev–Trinajstić information content (AvgIpc) is 2.50. The molecule has 1 amide bonds. The van der Waals surface area contributed by atoms with Crippen molar-refractivity contribution in [3.63, 3.8) is 0 Å². The van der Waals surface area contributed by atoms with Gasteiger partial charge in [0.15, 0.2) is 0 Å². The Morgan fingerprint density at radius 1 is 1.24 bits per heavy atom. The molecule has 0 aromatic rings. The fraction of sp³-hybridized carbons (Fsp3) is 0.929. The average molecular weight is 320 g/mol. The largest absolute Gasteiger partial charge is 0.396 e. The molecule has 0 bridgehead atoms. The van der Waals surface area contributed by atoms with Crippen molar-refractivity contribution in [2.75, 3.05) is 39.0 Å². The third-order valence-corrected chi connectivity index (χ3v) is 5.97. The van der Waals surface area contributed by atoms with Crippen LogP contribution in [0.1, 0.15) is 39.0 Å². The van der Waals surface area contributed by atoms with Gasteiger partial charge in [-0.05, 0) is 39.0 Å². The number of hydrogen-bond acceptors (Lipinski definition) is 4. The quantitative estimate of drug-likeness (QED) is 0.667. The summed E-state index contributed by atoms with van der Waals surface area (Å²) in [5, 5.41) is 8.72. The second kappa shape index (κ2) is 8.70. The van der Waals surface area contributed by atoms with Crippen molar-refractivity contribution in [3.05, 3.63) is 0 Å². The van der Waals surface area contributed by atoms with Crippen LogP contribution in [-0.2, 0) is 14.8 Å². The molecule has 0 aliphatic carbocycles. The van der Waals surface area contributed by atoms with Crippen LogP contribution in [0.5, 0.6) is 0 Å². The standard InChI is InChI=1S/C14H28N2O4S/c1-3-21(19,20)16-10-7-13(8-11-16)14(18)15(2)9-5-4-6-12-17/h13,17H,3-12H2,1-2H3. The van der Waals surface area contributed by atoms with Gasteiger partial charge in [0, 0.05) is 39.2 Å². The van der Waals surface area contributed by atoms with Crippen LogP contribution in [0.4, 0.5) is 0 Å². The van der Waals surface area contributed by atoms with E-state index in [2.05, 4.69) is 0 Å². The van der Waals surface area contributed by atoms with Crippen molar-refractivity contribution in [2.45, 2.75) is 39.0 Å². The molecule has 0 radical (unpaired) electrons. The van der Waals surface area contributed by atoms with Crippen molar-refractivity contribution in [1.29, 1.82) is 0 Å². The Labute approximate surface area is 128 Å². The second-order valence-electron chi connectivity index (χ2n) is 5.62. The molecular formula is C14H28N2O4S. The molecule has 124 valence electrons. The van der Waals surface area contributed by atoms with Crippen molar-refractivity contribution in [1.82, 2.24) is 9.21 Å². The molecule has 0 aromatic carbocycles. The van der Waals surface area contributed by atoms with Crippen LogP contribution >= 0.6 is 0 Å². The SMILES string of the molecule is CCS(=O)(=O)N1CCC(C(=O)N(C)CCCCCO)CC1. The summed E-state index contributed by atoms with van der Waals surface area (Å²) in [5.41, 5.74) is 0. The molecular weight excluding hydrogens is 292 g/mol. The Morgan fingerprint density at radius 2 is 1.86 bits per heavy atom. The zero-order chi connectivity index (χ0) is 15.9. The molecule has 1 rings (SSSR count). The van der Waals surface area contributed by atoms with E-state index in [1.165, 1.54) is 4.31 Å². The van der Waals surface area contributed by atoms with Crippen molar-refractivity contribution >= 4 is 15.9 Å². The molecule has 1 N–H and O–H groups in total. The number of aliphatic hydroxyl groups excluding tert-OH is 1. The minimum atomic E-state index is -3.13. The maximum Gasteiger partial charge on any atom is 0.225 e. The van der Waals surface area contributed by atoms with Crippen molar-refractivity contribution < 1.29 is 18.3 Å². The molecule has 0 saturated carbocycles. The summed E-state index contributed by atoms with van der Waals surface area (Å²) in [5.74, 6) is 0.180. The maximum absolute atomic E-state index is 12.3. The number of amides is 1. The van der Waals surface area contributed by atoms with E-state index in [0.29, 0.717) is 32.5 Å². The van der Waals surface area contributed by atoms with E-state index in [9.17, 15) is 13.2 Å². The van der Waals surface area contributed by atoms with Crippen LogP contribution in [0.2, 0.25) is 0 Å². The lowest BCUT2D eigenvalue weighted by Gasteiger charge is -2.32. The lowest BCUT2D eigenvalue weighted by Crippen LogP contribution is -2.44. The van der Waals surface area contributed by atoms with Gasteiger partial charge in [-0.3, -0.25) is 4.79 Å². The lowest BCUT2D eigenvalue weighted by molar-refractivity contribution is -0.135. The molecule has 1 saturated heterocycles. The van der Waals surface area contributed by atoms with Crippen LogP contribution < -0.4 is 0 Å². The predicted octanol–water partition coefficient (Wildman–Crippen LogP) is 0.669. The van der Waals surface area contributed by atoms with Gasteiger partial charge >= 0.3 is 0 Å². The van der Waals surface area contributed by atoms with E-state index in [0.717, 1.165) is 19.3 Å². The molecule has 7 heteroatoms. The summed E-state index contributed by atoms with van der Waals surface area (Å²) >= 11 is 0. The van der Waals surface area contributed by atoms with Crippen LogP contribution in [-0.4, -0.2) is 67.7 Å². The Morgan fingerprint density at radius 3 is 2.38 bits per heavy atom. The summed E-state index contributed by atoms with van der Waals surface area (Å²) in [4.78, 5) is 14.0. The number of sulfonamides is 1. The molecule has 0 aromatic heterocycles. The van der Waals surface area contributed by atoms with E-state index in [-0.39, 0.29) is 24.2 Å². The topological polar surface area (TPSA) is 77.9 Å². The predicted molar refractivity (Wildman–Crippen MR) is 82.3 cm³/mol. The van der Waals surface area contributed by atoms with Gasteiger partial charge in [0.2, 0.25) is 15.9 Å². The van der Waals surface area contributed by atoms with Crippen LogP contribution in [0.25, 0.3) is 0 Å². The molecule has 0 spiro atoms. The summed E-state index contributed by atoms with van der Waals surface area (Å²) in [7, 11) is -1.32. The molecule has 6 nitrogen and oxygen atoms in total. The molecule has 0 atom stereocenters. The highest BCUT2D eigenvalue weighted by atomic mass is 32.2. The lowest BCUT2D eigenvalue weighted by atomic mass is 9.96. The maximum atomic E-state index is 12.3. The number of carbonyl (C=O) groups is 1. The highest BCUT2D eigenvalue weighted by Crippen LogP contribution is 2.21. The molecule has 1 aliphatic heterocycles. The van der Waals surface area contributed by atoms with Crippen LogP contribution in [0.3, 0.4) is 0 Å². The fourth-order valence-corrected chi connectivity index (χ4v) is 3.76. The van der Waals surface area contributed by atoms with Gasteiger partial charge in [-0.15, -0.1) is 0 Å². The van der Waals surface area contributed by atoms with Gasteiger partial charge in [-0.1, -0.05) is 0 Å². The summed E-state index contributed by atoms with van der Waals surface area (Å²) in [6.45, 7) is 3.44. The summed E-state index contributed by atoms with van der Waals surface area (Å²) < 4.78 is 25.1. The number of carbonyl (C=O) groups excluding carboxylic acids is 1. The van der Waals surface area contributed by atoms with Gasteiger partial charge in [-0.2, -0.15) is 0 Å². The smallest absolute Gasteiger partial charge is 0.225 e. The Kier molecular flexibility index (Phi) is 7.62. The normalized spacial score (nSPS) is 17.9. The zero-order valence-corrected chi connectivity index (χ0v) is 13.9. The van der Waals surface area contributed by atoms with Gasteiger partial charge in [-0.25, -0.2) is 12.7 Å². The van der Waals surface area contributed by atoms with Crippen LogP contribution in [0, 0.1) is 5.92 Å². The monoisotopic (exact) mass is 320 g/mol. The first-order valence-corrected chi connectivity index (χ1v) is 9.37. The third-order valence-electron chi connectivity index (χ3n) is 4.09. The molecule has 0 unspecified atom stereocenters.